The second kappa shape index (κ2) is 7.53. The Hall–Kier alpha value is -0.450. The topological polar surface area (TPSA) is 21.3 Å². The third-order valence-corrected chi connectivity index (χ3v) is 4.36. The van der Waals surface area contributed by atoms with Crippen LogP contribution in [-0.2, 0) is 11.2 Å². The van der Waals surface area contributed by atoms with Crippen molar-refractivity contribution in [3.05, 3.63) is 34.1 Å². The molecule has 2 unspecified atom stereocenters. The molecule has 0 saturated heterocycles. The number of hydrogen-bond donors (Lipinski definition) is 1. The molecule has 1 aromatic rings. The van der Waals surface area contributed by atoms with E-state index in [-0.39, 0.29) is 18.0 Å². The average Bonchev–Trinajstić information content (AvgIpc) is 3.24. The Bertz CT molecular complexity index is 436. The molecule has 20 heavy (non-hydrogen) atoms. The largest absolute Gasteiger partial charge is 0.380 e. The maximum absolute atomic E-state index is 14.0. The lowest BCUT2D eigenvalue weighted by Crippen LogP contribution is -2.44. The second-order valence-corrected chi connectivity index (χ2v) is 6.45. The minimum absolute atomic E-state index is 0.145. The van der Waals surface area contributed by atoms with Gasteiger partial charge < -0.3 is 10.1 Å². The minimum Gasteiger partial charge on any atom is -0.380 e. The van der Waals surface area contributed by atoms with Crippen LogP contribution in [0.15, 0.2) is 22.7 Å². The van der Waals surface area contributed by atoms with Crippen molar-refractivity contribution in [1.82, 2.24) is 5.32 Å². The Kier molecular flexibility index (Phi) is 6.00. The Labute approximate surface area is 129 Å². The predicted octanol–water partition coefficient (Wildman–Crippen LogP) is 3.92. The molecule has 0 aliphatic heterocycles. The summed E-state index contributed by atoms with van der Waals surface area (Å²) in [6, 6.07) is 5.47. The van der Waals surface area contributed by atoms with Crippen molar-refractivity contribution in [3.63, 3.8) is 0 Å². The van der Waals surface area contributed by atoms with Crippen molar-refractivity contribution in [1.29, 1.82) is 0 Å². The van der Waals surface area contributed by atoms with E-state index in [0.717, 1.165) is 23.0 Å². The molecule has 1 aromatic carbocycles. The van der Waals surface area contributed by atoms with E-state index >= 15 is 0 Å². The molecule has 0 bridgehead atoms. The van der Waals surface area contributed by atoms with Crippen LogP contribution in [0.2, 0.25) is 0 Å². The zero-order valence-electron chi connectivity index (χ0n) is 12.2. The number of ether oxygens (including phenoxy) is 1. The van der Waals surface area contributed by atoms with Gasteiger partial charge in [-0.1, -0.05) is 28.9 Å². The summed E-state index contributed by atoms with van der Waals surface area (Å²) in [7, 11) is 1.77. The summed E-state index contributed by atoms with van der Waals surface area (Å²) in [5, 5.41) is 3.53. The van der Waals surface area contributed by atoms with E-state index in [2.05, 4.69) is 28.2 Å². The summed E-state index contributed by atoms with van der Waals surface area (Å²) in [5.41, 5.74) is 0.754. The fraction of sp³-hybridized carbons (Fsp3) is 0.625. The third-order valence-electron chi connectivity index (χ3n) is 3.87. The quantitative estimate of drug-likeness (QED) is 0.772. The average molecular weight is 344 g/mol. The van der Waals surface area contributed by atoms with Gasteiger partial charge in [0.15, 0.2) is 0 Å². The van der Waals surface area contributed by atoms with Gasteiger partial charge in [-0.25, -0.2) is 4.39 Å². The molecule has 1 fully saturated rings. The number of rotatable bonds is 8. The summed E-state index contributed by atoms with van der Waals surface area (Å²) in [5.74, 6) is 0.487. The van der Waals surface area contributed by atoms with Crippen molar-refractivity contribution in [2.75, 3.05) is 13.7 Å². The number of halogens is 2. The first-order valence-corrected chi connectivity index (χ1v) is 8.15. The highest BCUT2D eigenvalue weighted by molar-refractivity contribution is 9.10. The first-order chi connectivity index (χ1) is 9.65. The highest BCUT2D eigenvalue weighted by Crippen LogP contribution is 2.36. The standard InChI is InChI=1S/C16H23BrFNO/c1-3-8-19-15(16(20-2)11-4-5-11)9-12-6-7-13(17)10-14(12)18/h6-7,10-11,15-16,19H,3-5,8-9H2,1-2H3. The van der Waals surface area contributed by atoms with Gasteiger partial charge in [0.25, 0.3) is 0 Å². The van der Waals surface area contributed by atoms with Crippen LogP contribution in [0.4, 0.5) is 4.39 Å². The number of benzene rings is 1. The molecule has 0 aromatic heterocycles. The maximum atomic E-state index is 14.0. The number of methoxy groups -OCH3 is 1. The summed E-state index contributed by atoms with van der Waals surface area (Å²) in [6.07, 6.45) is 4.39. The molecule has 4 heteroatoms. The van der Waals surface area contributed by atoms with E-state index in [4.69, 9.17) is 4.74 Å². The molecule has 2 rings (SSSR count). The van der Waals surface area contributed by atoms with Crippen LogP contribution in [0.3, 0.4) is 0 Å². The molecule has 2 atom stereocenters. The van der Waals surface area contributed by atoms with Crippen LogP contribution < -0.4 is 5.32 Å². The molecule has 1 N–H and O–H groups in total. The Morgan fingerprint density at radius 2 is 2.20 bits per heavy atom. The summed E-state index contributed by atoms with van der Waals surface area (Å²) in [4.78, 5) is 0. The third kappa shape index (κ3) is 4.27. The zero-order valence-corrected chi connectivity index (χ0v) is 13.7. The fourth-order valence-electron chi connectivity index (χ4n) is 2.67. The van der Waals surface area contributed by atoms with Gasteiger partial charge in [-0.3, -0.25) is 0 Å². The van der Waals surface area contributed by atoms with Crippen molar-refractivity contribution in [3.8, 4) is 0 Å². The molecule has 112 valence electrons. The summed E-state index contributed by atoms with van der Waals surface area (Å²) >= 11 is 3.30. The van der Waals surface area contributed by atoms with E-state index < -0.39 is 0 Å². The first kappa shape index (κ1) is 15.9. The fourth-order valence-corrected chi connectivity index (χ4v) is 3.00. The Morgan fingerprint density at radius 1 is 1.45 bits per heavy atom. The minimum atomic E-state index is -0.145. The molecule has 1 aliphatic rings. The lowest BCUT2D eigenvalue weighted by Gasteiger charge is -2.27. The van der Waals surface area contributed by atoms with E-state index in [1.807, 2.05) is 12.1 Å². The molecule has 2 nitrogen and oxygen atoms in total. The van der Waals surface area contributed by atoms with Gasteiger partial charge in [-0.2, -0.15) is 0 Å². The molecule has 1 aliphatic carbocycles. The van der Waals surface area contributed by atoms with Crippen molar-refractivity contribution >= 4 is 15.9 Å². The molecular weight excluding hydrogens is 321 g/mol. The molecule has 0 spiro atoms. The monoisotopic (exact) mass is 343 g/mol. The van der Waals surface area contributed by atoms with E-state index in [9.17, 15) is 4.39 Å². The van der Waals surface area contributed by atoms with Gasteiger partial charge in [-0.15, -0.1) is 0 Å². The van der Waals surface area contributed by atoms with E-state index in [0.29, 0.717) is 12.3 Å². The van der Waals surface area contributed by atoms with Crippen molar-refractivity contribution < 1.29 is 9.13 Å². The first-order valence-electron chi connectivity index (χ1n) is 7.35. The van der Waals surface area contributed by atoms with Gasteiger partial charge in [0.05, 0.1) is 6.10 Å². The normalized spacial score (nSPS) is 18.0. The van der Waals surface area contributed by atoms with Crippen molar-refractivity contribution in [2.24, 2.45) is 5.92 Å². The zero-order chi connectivity index (χ0) is 14.5. The van der Waals surface area contributed by atoms with Crippen LogP contribution in [0.1, 0.15) is 31.7 Å². The number of hydrogen-bond acceptors (Lipinski definition) is 2. The lowest BCUT2D eigenvalue weighted by atomic mass is 9.97. The summed E-state index contributed by atoms with van der Waals surface area (Å²) in [6.45, 7) is 3.08. The maximum Gasteiger partial charge on any atom is 0.127 e. The van der Waals surface area contributed by atoms with Crippen LogP contribution in [0.5, 0.6) is 0 Å². The van der Waals surface area contributed by atoms with Gasteiger partial charge >= 0.3 is 0 Å². The van der Waals surface area contributed by atoms with Gasteiger partial charge in [0, 0.05) is 17.6 Å². The summed E-state index contributed by atoms with van der Waals surface area (Å²) < 4.78 is 20.5. The highest BCUT2D eigenvalue weighted by Gasteiger charge is 2.36. The van der Waals surface area contributed by atoms with Crippen LogP contribution in [0.25, 0.3) is 0 Å². The second-order valence-electron chi connectivity index (χ2n) is 5.54. The Balaban J connectivity index is 2.09. The van der Waals surface area contributed by atoms with Crippen molar-refractivity contribution in [2.45, 2.75) is 44.8 Å². The Morgan fingerprint density at radius 3 is 2.75 bits per heavy atom. The van der Waals surface area contributed by atoms with Gasteiger partial charge in [0.2, 0.25) is 0 Å². The molecule has 0 radical (unpaired) electrons. The van der Waals surface area contributed by atoms with Crippen LogP contribution in [0, 0.1) is 11.7 Å². The molecule has 0 heterocycles. The van der Waals surface area contributed by atoms with E-state index in [1.165, 1.54) is 18.9 Å². The highest BCUT2D eigenvalue weighted by atomic mass is 79.9. The van der Waals surface area contributed by atoms with Gasteiger partial charge in [-0.05, 0) is 55.8 Å². The van der Waals surface area contributed by atoms with E-state index in [1.54, 1.807) is 7.11 Å². The van der Waals surface area contributed by atoms with Crippen LogP contribution in [-0.4, -0.2) is 25.8 Å². The molecular formula is C16H23BrFNO. The molecule has 1 saturated carbocycles. The smallest absolute Gasteiger partial charge is 0.127 e. The number of nitrogens with one attached hydrogen (secondary N) is 1. The predicted molar refractivity (Wildman–Crippen MR) is 83.4 cm³/mol. The SMILES string of the molecule is CCCNC(Cc1ccc(Br)cc1F)C(OC)C1CC1. The van der Waals surface area contributed by atoms with Gasteiger partial charge in [0.1, 0.15) is 5.82 Å². The molecule has 0 amide bonds. The lowest BCUT2D eigenvalue weighted by molar-refractivity contribution is 0.0509. The van der Waals surface area contributed by atoms with Crippen LogP contribution >= 0.6 is 15.9 Å².